The highest BCUT2D eigenvalue weighted by atomic mass is 17.0. The van der Waals surface area contributed by atoms with Crippen LogP contribution in [0.1, 0.15) is 0 Å². The lowest BCUT2D eigenvalue weighted by Gasteiger charge is -2.12. The summed E-state index contributed by atoms with van der Waals surface area (Å²) in [4.78, 5) is 3.95. The largest absolute Gasteiger partial charge is 0.587 e. The van der Waals surface area contributed by atoms with Gasteiger partial charge in [0.05, 0.1) is 0 Å². The van der Waals surface area contributed by atoms with Gasteiger partial charge in [0, 0.05) is 0 Å². The molecule has 1 aliphatic rings. The number of rotatable bonds is 0. The molecule has 0 radical (unpaired) electrons. The van der Waals surface area contributed by atoms with Gasteiger partial charge in [0.2, 0.25) is 12.0 Å². The summed E-state index contributed by atoms with van der Waals surface area (Å²) in [5, 5.41) is 11.7. The highest BCUT2D eigenvalue weighted by Crippen LogP contribution is 1.77. The standard InChI is InChI=1S/C2H6N4O2/c3-1-2(4)6(7)8-5-1/h2,6H,4H2,(H2,3,5)/i6D. The first-order valence-corrected chi connectivity index (χ1v) is 1.94. The van der Waals surface area contributed by atoms with Crippen molar-refractivity contribution in [3.63, 3.8) is 0 Å². The highest BCUT2D eigenvalue weighted by molar-refractivity contribution is 5.83. The molecule has 0 aromatic rings. The van der Waals surface area contributed by atoms with E-state index < -0.39 is 11.4 Å². The second-order valence-electron chi connectivity index (χ2n) is 1.33. The number of hydroxylamine groups is 2. The van der Waals surface area contributed by atoms with Crippen LogP contribution in [0.25, 0.3) is 0 Å². The summed E-state index contributed by atoms with van der Waals surface area (Å²) >= 11 is 0. The third kappa shape index (κ3) is 0.601. The van der Waals surface area contributed by atoms with Crippen molar-refractivity contribution in [2.75, 3.05) is 0 Å². The van der Waals surface area contributed by atoms with E-state index >= 15 is 0 Å². The molecule has 46 valence electrons. The normalized spacial score (nSPS) is 47.5. The maximum Gasteiger partial charge on any atom is 0.405 e. The quantitative estimate of drug-likeness (QED) is 0.293. The van der Waals surface area contributed by atoms with E-state index in [1.807, 2.05) is 0 Å². The first kappa shape index (κ1) is 4.07. The summed E-state index contributed by atoms with van der Waals surface area (Å²) in [5.74, 6) is -0.153. The number of quaternary nitrogens is 1. The molecule has 0 bridgehead atoms. The molecular formula is C2H6N4O2. The third-order valence-electron chi connectivity index (χ3n) is 0.757. The molecule has 0 saturated carbocycles. The van der Waals surface area contributed by atoms with Crippen LogP contribution in [0, 0.1) is 5.21 Å². The zero-order chi connectivity index (χ0) is 7.07. The van der Waals surface area contributed by atoms with E-state index in [0.717, 1.165) is 0 Å². The molecular weight excluding hydrogens is 112 g/mol. The average Bonchev–Trinajstić information content (AvgIpc) is 1.97. The van der Waals surface area contributed by atoms with Gasteiger partial charge in [0.25, 0.3) is 0 Å². The van der Waals surface area contributed by atoms with Gasteiger partial charge in [-0.15, -0.1) is 5.22 Å². The molecule has 0 aromatic carbocycles. The van der Waals surface area contributed by atoms with Crippen molar-refractivity contribution in [2.45, 2.75) is 6.17 Å². The number of hydrogen-bond acceptors (Lipinski definition) is 5. The fourth-order valence-electron chi connectivity index (χ4n) is 0.300. The fourth-order valence-corrected chi connectivity index (χ4v) is 0.300. The lowest BCUT2D eigenvalue weighted by atomic mass is 10.5. The van der Waals surface area contributed by atoms with Crippen molar-refractivity contribution in [2.24, 2.45) is 16.6 Å². The minimum atomic E-state index is -1.83. The van der Waals surface area contributed by atoms with Crippen molar-refractivity contribution in [3.05, 3.63) is 5.21 Å². The van der Waals surface area contributed by atoms with Crippen LogP contribution in [-0.4, -0.2) is 12.0 Å². The van der Waals surface area contributed by atoms with Gasteiger partial charge < -0.3 is 10.9 Å². The van der Waals surface area contributed by atoms with Gasteiger partial charge in [-0.2, -0.15) is 4.94 Å². The predicted molar refractivity (Wildman–Crippen MR) is 25.0 cm³/mol. The molecule has 1 rings (SSSR count). The van der Waals surface area contributed by atoms with E-state index in [2.05, 4.69) is 10.1 Å². The topological polar surface area (TPSA) is 101 Å². The van der Waals surface area contributed by atoms with Gasteiger partial charge in [-0.05, 0) is 5.16 Å². The van der Waals surface area contributed by atoms with Crippen LogP contribution in [0.5, 0.6) is 0 Å². The Balaban J connectivity index is 2.73. The Morgan fingerprint density at radius 1 is 2.12 bits per heavy atom. The summed E-state index contributed by atoms with van der Waals surface area (Å²) in [6, 6.07) is 0. The molecule has 2 unspecified atom stereocenters. The molecule has 0 spiro atoms. The number of nitrogens with one attached hydrogen (secondary N) is 1. The van der Waals surface area contributed by atoms with Crippen molar-refractivity contribution in [1.82, 2.24) is 0 Å². The second-order valence-corrected chi connectivity index (χ2v) is 1.33. The first-order valence-electron chi connectivity index (χ1n) is 2.39. The van der Waals surface area contributed by atoms with Crippen molar-refractivity contribution in [3.8, 4) is 0 Å². The van der Waals surface area contributed by atoms with Crippen LogP contribution in [0.2, 0.25) is 1.41 Å². The Morgan fingerprint density at radius 3 is 2.88 bits per heavy atom. The molecule has 6 nitrogen and oxygen atoms in total. The Labute approximate surface area is 46.7 Å². The summed E-state index contributed by atoms with van der Waals surface area (Å²) in [6.45, 7) is 0. The highest BCUT2D eigenvalue weighted by Gasteiger charge is 2.23. The van der Waals surface area contributed by atoms with E-state index in [4.69, 9.17) is 12.9 Å². The van der Waals surface area contributed by atoms with Crippen LogP contribution >= 0.6 is 0 Å². The number of nitrogens with zero attached hydrogens (tertiary/aromatic N) is 1. The van der Waals surface area contributed by atoms with Crippen LogP contribution < -0.4 is 16.7 Å². The van der Waals surface area contributed by atoms with Gasteiger partial charge >= 0.3 is 1.41 Å². The predicted octanol–water partition coefficient (Wildman–Crippen LogP) is -3.13. The first-order chi connectivity index (χ1) is 4.04. The van der Waals surface area contributed by atoms with E-state index in [1.54, 1.807) is 0 Å². The molecule has 6 heteroatoms. The minimum Gasteiger partial charge on any atom is -0.587 e. The summed E-state index contributed by atoms with van der Waals surface area (Å²) < 4.78 is 6.66. The molecule has 8 heavy (non-hydrogen) atoms. The van der Waals surface area contributed by atoms with E-state index in [-0.39, 0.29) is 5.84 Å². The van der Waals surface area contributed by atoms with Gasteiger partial charge in [0.15, 0.2) is 0 Å². The average molecular weight is 119 g/mol. The van der Waals surface area contributed by atoms with Crippen LogP contribution in [0.15, 0.2) is 5.16 Å². The monoisotopic (exact) mass is 119 g/mol. The molecule has 0 amide bonds. The number of amidine groups is 1. The second kappa shape index (κ2) is 1.58. The van der Waals surface area contributed by atoms with Crippen LogP contribution in [0.4, 0.5) is 0 Å². The van der Waals surface area contributed by atoms with Crippen LogP contribution in [-0.2, 0) is 4.94 Å². The Morgan fingerprint density at radius 2 is 2.75 bits per heavy atom. The zero-order valence-corrected chi connectivity index (χ0v) is 3.94. The zero-order valence-electron chi connectivity index (χ0n) is 4.94. The molecule has 5 N–H and O–H groups in total. The molecule has 0 aromatic heterocycles. The smallest absolute Gasteiger partial charge is 0.405 e. The van der Waals surface area contributed by atoms with Crippen LogP contribution in [0.3, 0.4) is 0 Å². The Kier molecular flexibility index (Phi) is 0.806. The fraction of sp³-hybridized carbons (Fsp3) is 0.500. The summed E-state index contributed by atoms with van der Waals surface area (Å²) in [5.41, 5.74) is 10.1. The minimum absolute atomic E-state index is 0.153. The van der Waals surface area contributed by atoms with Gasteiger partial charge in [-0.25, -0.2) is 0 Å². The molecule has 2 atom stereocenters. The number of hydrogen-bond donors (Lipinski definition) is 3. The van der Waals surface area contributed by atoms with Crippen molar-refractivity contribution >= 4 is 5.84 Å². The number of nitrogens with two attached hydrogens (primary N) is 2. The lowest BCUT2D eigenvalue weighted by Crippen LogP contribution is -3.11. The summed E-state index contributed by atoms with van der Waals surface area (Å²) in [6.07, 6.45) is -1.22. The SMILES string of the molecule is [2H][N+]1([O-])ON=C(N)C1N. The third-order valence-corrected chi connectivity index (χ3v) is 0.757. The van der Waals surface area contributed by atoms with E-state index in [9.17, 15) is 5.21 Å². The summed E-state index contributed by atoms with van der Waals surface area (Å²) in [7, 11) is 0. The van der Waals surface area contributed by atoms with Gasteiger partial charge in [0.1, 0.15) is 0 Å². The maximum absolute atomic E-state index is 10.5. The molecule has 1 aliphatic heterocycles. The molecule has 0 fully saturated rings. The van der Waals surface area contributed by atoms with Gasteiger partial charge in [-0.3, -0.25) is 5.73 Å². The van der Waals surface area contributed by atoms with Gasteiger partial charge in [-0.1, -0.05) is 0 Å². The van der Waals surface area contributed by atoms with Crippen molar-refractivity contribution in [1.29, 1.82) is 0 Å². The van der Waals surface area contributed by atoms with E-state index in [1.165, 1.54) is 0 Å². The van der Waals surface area contributed by atoms with Crippen molar-refractivity contribution < 1.29 is 11.6 Å². The molecule has 0 saturated heterocycles. The van der Waals surface area contributed by atoms with E-state index in [0.29, 0.717) is 0 Å². The Hall–Kier alpha value is -0.850. The molecule has 0 aliphatic carbocycles. The molecule has 1 heterocycles. The Bertz CT molecular complexity index is 157. The maximum atomic E-state index is 10.5. The number of oxime groups is 1. The lowest BCUT2D eigenvalue weighted by molar-refractivity contribution is -1.06.